The fourth-order valence-corrected chi connectivity index (χ4v) is 5.48. The smallest absolute Gasteiger partial charge is 0.422 e. The Hall–Kier alpha value is -5.55. The summed E-state index contributed by atoms with van der Waals surface area (Å²) >= 11 is 0. The number of halogens is 3. The Morgan fingerprint density at radius 3 is 2.32 bits per heavy atom. The van der Waals surface area contributed by atoms with Crippen molar-refractivity contribution in [3.63, 3.8) is 0 Å². The summed E-state index contributed by atoms with van der Waals surface area (Å²) < 4.78 is 61.1. The number of benzene rings is 2. The number of anilines is 3. The first-order valence-corrected chi connectivity index (χ1v) is 17.1. The molecule has 4 N–H and O–H groups in total. The predicted molar refractivity (Wildman–Crippen MR) is 185 cm³/mol. The molecule has 0 radical (unpaired) electrons. The van der Waals surface area contributed by atoms with E-state index in [1.54, 1.807) is 20.8 Å². The number of carbonyl (C=O) groups is 3. The fourth-order valence-electron chi connectivity index (χ4n) is 5.48. The molecule has 15 nitrogen and oxygen atoms in total. The lowest BCUT2D eigenvalue weighted by Gasteiger charge is -2.24. The second kappa shape index (κ2) is 16.9. The predicted octanol–water partition coefficient (Wildman–Crippen LogP) is 5.55. The maximum atomic E-state index is 13.7. The first kappa shape index (κ1) is 38.7. The number of carboxylic acid groups (broad SMARTS) is 1. The molecule has 0 spiro atoms. The van der Waals surface area contributed by atoms with Gasteiger partial charge in [0.2, 0.25) is 11.9 Å². The molecule has 1 aromatic heterocycles. The first-order valence-electron chi connectivity index (χ1n) is 17.1. The molecule has 1 saturated heterocycles. The van der Waals surface area contributed by atoms with Gasteiger partial charge >= 0.3 is 24.2 Å². The number of nitrogens with zero attached hydrogens (tertiary/aromatic N) is 4. The number of amides is 2. The summed E-state index contributed by atoms with van der Waals surface area (Å²) in [4.78, 5) is 52.0. The molecule has 2 aromatic carbocycles. The molecule has 2 amide bonds. The molecule has 0 aliphatic carbocycles. The van der Waals surface area contributed by atoms with Crippen LogP contribution in [-0.2, 0) is 16.1 Å². The van der Waals surface area contributed by atoms with E-state index < -0.39 is 54.3 Å². The van der Waals surface area contributed by atoms with Gasteiger partial charge in [0.1, 0.15) is 17.1 Å². The third kappa shape index (κ3) is 11.7. The number of hydrogen-bond acceptors (Lipinski definition) is 12. The summed E-state index contributed by atoms with van der Waals surface area (Å²) in [7, 11) is 0. The number of hydrogen-bond donors (Lipinski definition) is 4. The highest BCUT2D eigenvalue weighted by molar-refractivity contribution is 5.98. The van der Waals surface area contributed by atoms with E-state index in [4.69, 9.17) is 18.9 Å². The minimum absolute atomic E-state index is 0.0664. The first-order chi connectivity index (χ1) is 25.1. The van der Waals surface area contributed by atoms with Crippen molar-refractivity contribution in [2.75, 3.05) is 43.5 Å². The molecule has 3 aromatic rings. The minimum Gasteiger partial charge on any atom is -0.494 e. The van der Waals surface area contributed by atoms with Crippen LogP contribution in [0.5, 0.6) is 17.5 Å². The molecular weight excluding hydrogens is 703 g/mol. The lowest BCUT2D eigenvalue weighted by atomic mass is 10.0. The standard InChI is InChI=1S/C35H42F3N7O8/c1-34(2,3)53-33(49)45-18-25(29(47)48)26(19-45)41-28(46)24-13-10-22-16-27(24)51-15-7-5-4-6-14-50-23-11-8-21(9-12-23)17-39-30-42-31(40-22)44-32(43-30)52-20-35(36,37)38/h8-13,16,25-26H,4-7,14-15,17-20H2,1-3H3,(H,41,46)(H,47,48)(H2,39,40,42,43,44). The minimum atomic E-state index is -4.64. The van der Waals surface area contributed by atoms with Crippen LogP contribution in [0.4, 0.5) is 35.5 Å². The second-order valence-electron chi connectivity index (χ2n) is 13.5. The Balaban J connectivity index is 1.40. The molecule has 1 fully saturated rings. The van der Waals surface area contributed by atoms with Crippen molar-refractivity contribution in [2.45, 2.75) is 70.8 Å². The zero-order chi connectivity index (χ0) is 38.2. The van der Waals surface area contributed by atoms with Crippen molar-refractivity contribution >= 4 is 35.6 Å². The lowest BCUT2D eigenvalue weighted by molar-refractivity contribution is -0.154. The van der Waals surface area contributed by atoms with Crippen LogP contribution in [-0.4, -0.2) is 93.7 Å². The van der Waals surface area contributed by atoms with E-state index in [2.05, 4.69) is 30.9 Å². The molecule has 4 heterocycles. The lowest BCUT2D eigenvalue weighted by Crippen LogP contribution is -2.43. The van der Waals surface area contributed by atoms with E-state index >= 15 is 0 Å². The van der Waals surface area contributed by atoms with Gasteiger partial charge in [-0.3, -0.25) is 9.59 Å². The largest absolute Gasteiger partial charge is 0.494 e. The van der Waals surface area contributed by atoms with Gasteiger partial charge in [-0.15, -0.1) is 0 Å². The number of rotatable bonds is 5. The highest BCUT2D eigenvalue weighted by atomic mass is 19.4. The third-order valence-corrected chi connectivity index (χ3v) is 8.01. The average molecular weight is 746 g/mol. The quantitative estimate of drug-likeness (QED) is 0.255. The van der Waals surface area contributed by atoms with Crippen LogP contribution in [0.25, 0.3) is 0 Å². The molecule has 2 atom stereocenters. The molecule has 3 aliphatic heterocycles. The molecule has 18 heteroatoms. The number of nitrogens with one attached hydrogen (secondary N) is 3. The van der Waals surface area contributed by atoms with Crippen LogP contribution in [0.3, 0.4) is 0 Å². The van der Waals surface area contributed by atoms with Crippen molar-refractivity contribution < 1.29 is 51.6 Å². The third-order valence-electron chi connectivity index (χ3n) is 8.01. The van der Waals surface area contributed by atoms with Gasteiger partial charge in [0.15, 0.2) is 6.61 Å². The summed E-state index contributed by atoms with van der Waals surface area (Å²) in [6.45, 7) is 4.17. The summed E-state index contributed by atoms with van der Waals surface area (Å²) in [5, 5.41) is 18.5. The summed E-state index contributed by atoms with van der Waals surface area (Å²) in [5.74, 6) is -2.32. The molecule has 0 saturated carbocycles. The Bertz CT molecular complexity index is 1750. The highest BCUT2D eigenvalue weighted by Gasteiger charge is 2.42. The monoisotopic (exact) mass is 745 g/mol. The van der Waals surface area contributed by atoms with Crippen molar-refractivity contribution in [1.29, 1.82) is 0 Å². The summed E-state index contributed by atoms with van der Waals surface area (Å²) in [6, 6.07) is 10.2. The maximum absolute atomic E-state index is 13.7. The summed E-state index contributed by atoms with van der Waals surface area (Å²) in [5.41, 5.74) is 0.425. The van der Waals surface area contributed by atoms with Crippen LogP contribution in [0.2, 0.25) is 0 Å². The number of carbonyl (C=O) groups excluding carboxylic acids is 2. The molecule has 286 valence electrons. The van der Waals surface area contributed by atoms with Gasteiger partial charge in [0.25, 0.3) is 5.91 Å². The topological polar surface area (TPSA) is 186 Å². The number of likely N-dealkylation sites (tertiary alicyclic amines) is 1. The van der Waals surface area contributed by atoms with Crippen LogP contribution < -0.4 is 30.2 Å². The number of ether oxygens (including phenoxy) is 4. The number of fused-ring (bicyclic) bond motifs is 10. The molecular formula is C35H42F3N7O8. The van der Waals surface area contributed by atoms with Gasteiger partial charge in [-0.1, -0.05) is 12.1 Å². The fraction of sp³-hybridized carbons (Fsp3) is 0.486. The number of aliphatic carboxylic acids is 1. The molecule has 6 bridgehead atoms. The zero-order valence-corrected chi connectivity index (χ0v) is 29.5. The molecule has 3 aliphatic rings. The van der Waals surface area contributed by atoms with E-state index in [9.17, 15) is 32.7 Å². The zero-order valence-electron chi connectivity index (χ0n) is 29.5. The van der Waals surface area contributed by atoms with Crippen molar-refractivity contribution in [3.05, 3.63) is 53.6 Å². The number of alkyl halides is 3. The van der Waals surface area contributed by atoms with Gasteiger partial charge < -0.3 is 44.9 Å². The highest BCUT2D eigenvalue weighted by Crippen LogP contribution is 2.28. The van der Waals surface area contributed by atoms with Crippen LogP contribution in [0, 0.1) is 5.92 Å². The Morgan fingerprint density at radius 1 is 0.943 bits per heavy atom. The van der Waals surface area contributed by atoms with Gasteiger partial charge in [-0.2, -0.15) is 28.1 Å². The van der Waals surface area contributed by atoms with Gasteiger partial charge in [-0.25, -0.2) is 4.79 Å². The van der Waals surface area contributed by atoms with E-state index in [1.807, 2.05) is 24.3 Å². The van der Waals surface area contributed by atoms with E-state index in [-0.39, 0.29) is 49.5 Å². The Labute approximate surface area is 303 Å². The Kier molecular flexibility index (Phi) is 12.3. The van der Waals surface area contributed by atoms with Crippen LogP contribution in [0.1, 0.15) is 62.4 Å². The number of carboxylic acids is 1. The maximum Gasteiger partial charge on any atom is 0.422 e. The summed E-state index contributed by atoms with van der Waals surface area (Å²) in [6.07, 6.45) is -2.21. The van der Waals surface area contributed by atoms with Crippen molar-refractivity contribution in [2.24, 2.45) is 5.92 Å². The molecule has 6 rings (SSSR count). The van der Waals surface area contributed by atoms with E-state index in [0.29, 0.717) is 24.5 Å². The van der Waals surface area contributed by atoms with Crippen LogP contribution in [0.15, 0.2) is 42.5 Å². The Morgan fingerprint density at radius 2 is 1.64 bits per heavy atom. The van der Waals surface area contributed by atoms with Crippen LogP contribution >= 0.6 is 0 Å². The molecule has 53 heavy (non-hydrogen) atoms. The normalized spacial score (nSPS) is 18.3. The van der Waals surface area contributed by atoms with E-state index in [1.165, 1.54) is 23.1 Å². The number of aromatic nitrogens is 3. The van der Waals surface area contributed by atoms with Crippen molar-refractivity contribution in [1.82, 2.24) is 25.2 Å². The average Bonchev–Trinajstić information content (AvgIpc) is 3.51. The van der Waals surface area contributed by atoms with E-state index in [0.717, 1.165) is 24.8 Å². The SMILES string of the molecule is CC(C)(C)OC(=O)N1CC(NC(=O)c2ccc3cc2OCCCCCCOc2ccc(cc2)CNc2nc(nc(OCC(F)(F)F)n2)N3)C(C(=O)O)C1. The van der Waals surface area contributed by atoms with Gasteiger partial charge in [0, 0.05) is 31.4 Å². The van der Waals surface area contributed by atoms with Gasteiger partial charge in [-0.05, 0) is 76.3 Å². The van der Waals surface area contributed by atoms with Crippen molar-refractivity contribution in [3.8, 4) is 17.5 Å². The molecule has 2 unspecified atom stereocenters. The van der Waals surface area contributed by atoms with Gasteiger partial charge in [0.05, 0.1) is 30.7 Å². The second-order valence-corrected chi connectivity index (χ2v) is 13.5.